The smallest absolute Gasteiger partial charge is 0.407 e. The monoisotopic (exact) mass is 610 g/mol. The Morgan fingerprint density at radius 2 is 1.12 bits per heavy atom. The molecule has 8 heteroatoms. The van der Waals surface area contributed by atoms with Crippen LogP contribution in [0.2, 0.25) is 0 Å². The molecule has 252 valence electrons. The molecular weight excluding hydrogens is 542 g/mol. The molecule has 1 atom stereocenters. The first-order chi connectivity index (χ1) is 21.1. The largest absolute Gasteiger partial charge is 0.446 e. The summed E-state index contributed by atoms with van der Waals surface area (Å²) in [6.45, 7) is 7.62. The first-order valence-corrected chi connectivity index (χ1v) is 18.3. The number of carbonyl (C=O) groups excluding carboxylic acids is 2. The normalized spacial score (nSPS) is 19.2. The van der Waals surface area contributed by atoms with Gasteiger partial charge in [0.2, 0.25) is 0 Å². The fraction of sp³-hybridized carbons (Fsp3) is 0.943. The Labute approximate surface area is 264 Å². The number of piperidine rings is 1. The number of amides is 2. The van der Waals surface area contributed by atoms with Crippen LogP contribution in [-0.4, -0.2) is 75.2 Å². The lowest BCUT2D eigenvalue weighted by Crippen LogP contribution is -2.48. The van der Waals surface area contributed by atoms with E-state index in [1.807, 2.05) is 0 Å². The molecule has 0 saturated carbocycles. The zero-order chi connectivity index (χ0) is 30.7. The van der Waals surface area contributed by atoms with Crippen LogP contribution in [0.15, 0.2) is 0 Å². The molecule has 2 saturated heterocycles. The van der Waals surface area contributed by atoms with E-state index in [-0.39, 0.29) is 13.2 Å². The van der Waals surface area contributed by atoms with Gasteiger partial charge in [-0.25, -0.2) is 9.59 Å². The van der Waals surface area contributed by atoms with Gasteiger partial charge in [0.05, 0.1) is 0 Å². The highest BCUT2D eigenvalue weighted by Crippen LogP contribution is 2.26. The number of hydrogen-bond acceptors (Lipinski definition) is 6. The highest BCUT2D eigenvalue weighted by Gasteiger charge is 2.36. The van der Waals surface area contributed by atoms with Crippen LogP contribution in [0.1, 0.15) is 155 Å². The minimum absolute atomic E-state index is 0.0946. The second-order valence-corrected chi connectivity index (χ2v) is 13.1. The van der Waals surface area contributed by atoms with Gasteiger partial charge >= 0.3 is 12.2 Å². The first-order valence-electron chi connectivity index (χ1n) is 18.3. The molecule has 43 heavy (non-hydrogen) atoms. The lowest BCUT2D eigenvalue weighted by Gasteiger charge is -2.36. The Bertz CT molecular complexity index is 680. The van der Waals surface area contributed by atoms with Crippen molar-refractivity contribution in [1.29, 1.82) is 0 Å². The summed E-state index contributed by atoms with van der Waals surface area (Å²) < 4.78 is 17.0. The van der Waals surface area contributed by atoms with Gasteiger partial charge in [0.25, 0.3) is 0 Å². The topological polar surface area (TPSA) is 89.1 Å². The van der Waals surface area contributed by atoms with E-state index in [9.17, 15) is 9.59 Å². The zero-order valence-corrected chi connectivity index (χ0v) is 27.9. The minimum atomic E-state index is -0.755. The molecule has 2 N–H and O–H groups in total. The van der Waals surface area contributed by atoms with E-state index in [1.54, 1.807) is 0 Å². The number of ether oxygens (including phenoxy) is 3. The molecule has 0 spiro atoms. The molecule has 2 aliphatic heterocycles. The third kappa shape index (κ3) is 20.2. The second-order valence-electron chi connectivity index (χ2n) is 13.1. The maximum absolute atomic E-state index is 12.3. The average molecular weight is 610 g/mol. The Hall–Kier alpha value is -1.54. The number of nitrogens with one attached hydrogen (secondary N) is 2. The van der Waals surface area contributed by atoms with Crippen molar-refractivity contribution >= 4 is 12.2 Å². The molecule has 2 rings (SSSR count). The van der Waals surface area contributed by atoms with Crippen LogP contribution in [0, 0.1) is 0 Å². The number of nitrogens with zero attached hydrogens (tertiary/aromatic N) is 1. The standard InChI is InChI=1S/C35H67N3O5/c1-2-3-4-5-6-7-8-9-10-11-12-13-14-15-16-19-25-36-33(39)41-31-35(24-18-22-30-43-35)32-42-34(40)37-26-23-29-38-27-20-17-21-28-38/h2-32H2,1H3,(H,36,39)(H,37,40). The fourth-order valence-electron chi connectivity index (χ4n) is 6.22. The highest BCUT2D eigenvalue weighted by molar-refractivity contribution is 5.67. The van der Waals surface area contributed by atoms with Gasteiger partial charge in [-0.3, -0.25) is 0 Å². The highest BCUT2D eigenvalue weighted by atomic mass is 16.6. The Morgan fingerprint density at radius 3 is 1.60 bits per heavy atom. The van der Waals surface area contributed by atoms with Gasteiger partial charge in [0.15, 0.2) is 0 Å². The third-order valence-electron chi connectivity index (χ3n) is 9.04. The molecular formula is C35H67N3O5. The summed E-state index contributed by atoms with van der Waals surface area (Å²) in [6.07, 6.45) is 27.9. The fourth-order valence-corrected chi connectivity index (χ4v) is 6.22. The molecule has 2 amide bonds. The summed E-state index contributed by atoms with van der Waals surface area (Å²) in [4.78, 5) is 27.1. The molecule has 0 radical (unpaired) electrons. The maximum atomic E-state index is 12.3. The van der Waals surface area contributed by atoms with Crippen molar-refractivity contribution in [3.63, 3.8) is 0 Å². The quantitative estimate of drug-likeness (QED) is 0.101. The molecule has 2 fully saturated rings. The number of likely N-dealkylation sites (tertiary alicyclic amines) is 1. The number of rotatable bonds is 25. The molecule has 0 aliphatic carbocycles. The van der Waals surface area contributed by atoms with Crippen LogP contribution in [0.25, 0.3) is 0 Å². The van der Waals surface area contributed by atoms with Crippen molar-refractivity contribution in [2.45, 2.75) is 160 Å². The summed E-state index contributed by atoms with van der Waals surface area (Å²) in [5.74, 6) is 0. The first kappa shape index (κ1) is 37.6. The van der Waals surface area contributed by atoms with Crippen LogP contribution in [0.4, 0.5) is 9.59 Å². The van der Waals surface area contributed by atoms with Gasteiger partial charge in [-0.05, 0) is 64.6 Å². The van der Waals surface area contributed by atoms with Crippen molar-refractivity contribution in [3.8, 4) is 0 Å². The summed E-state index contributed by atoms with van der Waals surface area (Å²) >= 11 is 0. The lowest BCUT2D eigenvalue weighted by atomic mass is 9.95. The maximum Gasteiger partial charge on any atom is 0.407 e. The molecule has 8 nitrogen and oxygen atoms in total. The van der Waals surface area contributed by atoms with Crippen LogP contribution < -0.4 is 10.6 Å². The summed E-state index contributed by atoms with van der Waals surface area (Å²) in [5.41, 5.74) is -0.755. The molecule has 2 heterocycles. The van der Waals surface area contributed by atoms with Crippen molar-refractivity contribution < 1.29 is 23.8 Å². The van der Waals surface area contributed by atoms with Gasteiger partial charge < -0.3 is 29.7 Å². The SMILES string of the molecule is CCCCCCCCCCCCCCCCCCNC(=O)OCC1(COC(=O)NCCCN2CCCCC2)CCCCO1. The third-order valence-corrected chi connectivity index (χ3v) is 9.04. The van der Waals surface area contributed by atoms with E-state index >= 15 is 0 Å². The Morgan fingerprint density at radius 1 is 0.628 bits per heavy atom. The number of carbonyl (C=O) groups is 2. The van der Waals surface area contributed by atoms with E-state index in [0.717, 1.165) is 51.7 Å². The summed E-state index contributed by atoms with van der Waals surface area (Å²) in [6, 6.07) is 0. The van der Waals surface area contributed by atoms with Crippen LogP contribution >= 0.6 is 0 Å². The van der Waals surface area contributed by atoms with Crippen LogP contribution in [-0.2, 0) is 14.2 Å². The van der Waals surface area contributed by atoms with Crippen LogP contribution in [0.5, 0.6) is 0 Å². The van der Waals surface area contributed by atoms with Crippen molar-refractivity contribution in [2.75, 3.05) is 52.5 Å². The van der Waals surface area contributed by atoms with Crippen molar-refractivity contribution in [3.05, 3.63) is 0 Å². The minimum Gasteiger partial charge on any atom is -0.446 e. The molecule has 1 unspecified atom stereocenters. The predicted octanol–water partition coefficient (Wildman–Crippen LogP) is 8.52. The molecule has 0 aromatic heterocycles. The van der Waals surface area contributed by atoms with Gasteiger partial charge in [-0.15, -0.1) is 0 Å². The number of alkyl carbamates (subject to hydrolysis) is 2. The Balaban J connectivity index is 1.42. The van der Waals surface area contributed by atoms with Crippen LogP contribution in [0.3, 0.4) is 0 Å². The van der Waals surface area contributed by atoms with Gasteiger partial charge in [-0.1, -0.05) is 110 Å². The average Bonchev–Trinajstić information content (AvgIpc) is 3.03. The van der Waals surface area contributed by atoms with E-state index < -0.39 is 17.8 Å². The Kier molecular flexibility index (Phi) is 22.5. The van der Waals surface area contributed by atoms with Crippen molar-refractivity contribution in [1.82, 2.24) is 15.5 Å². The predicted molar refractivity (Wildman–Crippen MR) is 176 cm³/mol. The van der Waals surface area contributed by atoms with E-state index in [0.29, 0.717) is 26.1 Å². The van der Waals surface area contributed by atoms with Gasteiger partial charge in [0, 0.05) is 19.7 Å². The van der Waals surface area contributed by atoms with E-state index in [1.165, 1.54) is 109 Å². The summed E-state index contributed by atoms with van der Waals surface area (Å²) in [7, 11) is 0. The molecule has 0 aromatic rings. The second kappa shape index (κ2) is 25.8. The van der Waals surface area contributed by atoms with E-state index in [4.69, 9.17) is 14.2 Å². The van der Waals surface area contributed by atoms with E-state index in [2.05, 4.69) is 22.5 Å². The summed E-state index contributed by atoms with van der Waals surface area (Å²) in [5, 5.41) is 5.73. The van der Waals surface area contributed by atoms with Crippen molar-refractivity contribution in [2.24, 2.45) is 0 Å². The van der Waals surface area contributed by atoms with Gasteiger partial charge in [-0.2, -0.15) is 0 Å². The van der Waals surface area contributed by atoms with Gasteiger partial charge in [0.1, 0.15) is 18.8 Å². The molecule has 0 aromatic carbocycles. The zero-order valence-electron chi connectivity index (χ0n) is 27.9. The number of hydrogen-bond donors (Lipinski definition) is 2. The number of unbranched alkanes of at least 4 members (excludes halogenated alkanes) is 15. The molecule has 0 bridgehead atoms. The lowest BCUT2D eigenvalue weighted by molar-refractivity contribution is -0.134. The molecule has 2 aliphatic rings.